The minimum absolute atomic E-state index is 0.918. The summed E-state index contributed by atoms with van der Waals surface area (Å²) in [6.45, 7) is 3.94. The molecule has 1 aromatic carbocycles. The molecule has 66 valence electrons. The molecule has 0 N–H and O–H groups in total. The fraction of sp³-hybridized carbons (Fsp3) is 0.167. The summed E-state index contributed by atoms with van der Waals surface area (Å²) in [5.41, 5.74) is 3.72. The maximum Gasteiger partial charge on any atom is 0.119 e. The van der Waals surface area contributed by atoms with Crippen LogP contribution in [0.2, 0.25) is 0 Å². The van der Waals surface area contributed by atoms with E-state index in [9.17, 15) is 0 Å². The Morgan fingerprint density at radius 1 is 1.31 bits per heavy atom. The van der Waals surface area contributed by atoms with Gasteiger partial charge in [-0.25, -0.2) is 0 Å². The molecule has 0 fully saturated rings. The summed E-state index contributed by atoms with van der Waals surface area (Å²) >= 11 is 0. The van der Waals surface area contributed by atoms with Crippen molar-refractivity contribution in [3.05, 3.63) is 47.6 Å². The van der Waals surface area contributed by atoms with Crippen molar-refractivity contribution in [3.8, 4) is 5.75 Å². The Hall–Kier alpha value is -1.50. The molecule has 1 aliphatic rings. The monoisotopic (exact) mass is 172 g/mol. The van der Waals surface area contributed by atoms with Crippen LogP contribution in [0.25, 0.3) is 6.08 Å². The molecule has 1 aliphatic carbocycles. The Labute approximate surface area is 78.3 Å². The molecule has 0 unspecified atom stereocenters. The van der Waals surface area contributed by atoms with E-state index in [-0.39, 0.29) is 0 Å². The van der Waals surface area contributed by atoms with Crippen molar-refractivity contribution in [2.75, 3.05) is 7.11 Å². The molecule has 1 heteroatoms. The molecule has 0 aliphatic heterocycles. The van der Waals surface area contributed by atoms with Gasteiger partial charge in [0.15, 0.2) is 0 Å². The maximum atomic E-state index is 5.16. The first kappa shape index (κ1) is 8.11. The third kappa shape index (κ3) is 1.50. The van der Waals surface area contributed by atoms with Crippen molar-refractivity contribution in [2.24, 2.45) is 0 Å². The van der Waals surface area contributed by atoms with Crippen LogP contribution in [0, 0.1) is 0 Å². The molecule has 13 heavy (non-hydrogen) atoms. The standard InChI is InChI=1S/C12H12O/c1-9-3-4-10-5-6-12(13-2)8-11(10)7-9/h3-6,8H,1,7H2,2H3. The molecule has 0 aromatic heterocycles. The first-order valence-electron chi connectivity index (χ1n) is 4.32. The van der Waals surface area contributed by atoms with Crippen molar-refractivity contribution >= 4 is 6.08 Å². The highest BCUT2D eigenvalue weighted by Gasteiger charge is 2.06. The Morgan fingerprint density at radius 2 is 2.15 bits per heavy atom. The van der Waals surface area contributed by atoms with E-state index in [1.54, 1.807) is 7.11 Å². The second-order valence-electron chi connectivity index (χ2n) is 3.23. The molecule has 1 aromatic rings. The van der Waals surface area contributed by atoms with Gasteiger partial charge >= 0.3 is 0 Å². The van der Waals surface area contributed by atoms with Crippen molar-refractivity contribution in [1.29, 1.82) is 0 Å². The molecular weight excluding hydrogens is 160 g/mol. The number of hydrogen-bond acceptors (Lipinski definition) is 1. The molecule has 0 heterocycles. The van der Waals surface area contributed by atoms with E-state index >= 15 is 0 Å². The lowest BCUT2D eigenvalue weighted by molar-refractivity contribution is 0.414. The van der Waals surface area contributed by atoms with Gasteiger partial charge in [-0.3, -0.25) is 0 Å². The van der Waals surface area contributed by atoms with Crippen molar-refractivity contribution in [2.45, 2.75) is 6.42 Å². The zero-order chi connectivity index (χ0) is 9.26. The predicted octanol–water partition coefficient (Wildman–Crippen LogP) is 2.82. The molecule has 0 radical (unpaired) electrons. The number of fused-ring (bicyclic) bond motifs is 1. The minimum atomic E-state index is 0.918. The summed E-state index contributed by atoms with van der Waals surface area (Å²) in [4.78, 5) is 0. The van der Waals surface area contributed by atoms with Gasteiger partial charge in [0.2, 0.25) is 0 Å². The second kappa shape index (κ2) is 3.09. The van der Waals surface area contributed by atoms with Crippen LogP contribution in [0.5, 0.6) is 5.75 Å². The normalized spacial score (nSPS) is 14.1. The van der Waals surface area contributed by atoms with Crippen LogP contribution < -0.4 is 4.74 Å². The number of hydrogen-bond donors (Lipinski definition) is 0. The van der Waals surface area contributed by atoms with Gasteiger partial charge in [0.1, 0.15) is 5.75 Å². The zero-order valence-electron chi connectivity index (χ0n) is 7.71. The van der Waals surface area contributed by atoms with Gasteiger partial charge in [-0.2, -0.15) is 0 Å². The molecule has 0 saturated heterocycles. The van der Waals surface area contributed by atoms with E-state index in [1.165, 1.54) is 11.1 Å². The summed E-state index contributed by atoms with van der Waals surface area (Å²) in [7, 11) is 1.69. The average Bonchev–Trinajstić information content (AvgIpc) is 2.16. The molecule has 0 atom stereocenters. The lowest BCUT2D eigenvalue weighted by Gasteiger charge is -2.12. The topological polar surface area (TPSA) is 9.23 Å². The minimum Gasteiger partial charge on any atom is -0.497 e. The highest BCUT2D eigenvalue weighted by molar-refractivity contribution is 5.62. The Bertz CT molecular complexity index is 375. The van der Waals surface area contributed by atoms with E-state index in [0.717, 1.165) is 17.7 Å². The van der Waals surface area contributed by atoms with Gasteiger partial charge in [0.05, 0.1) is 7.11 Å². The molecular formula is C12H12O. The van der Waals surface area contributed by atoms with Crippen LogP contribution in [-0.4, -0.2) is 7.11 Å². The van der Waals surface area contributed by atoms with Gasteiger partial charge in [-0.05, 0) is 29.7 Å². The van der Waals surface area contributed by atoms with E-state index in [4.69, 9.17) is 4.74 Å². The lowest BCUT2D eigenvalue weighted by atomic mass is 9.94. The Balaban J connectivity index is 2.46. The molecule has 0 spiro atoms. The van der Waals surface area contributed by atoms with Crippen LogP contribution in [0.15, 0.2) is 36.4 Å². The Morgan fingerprint density at radius 3 is 2.92 bits per heavy atom. The van der Waals surface area contributed by atoms with Gasteiger partial charge in [-0.15, -0.1) is 0 Å². The van der Waals surface area contributed by atoms with Crippen LogP contribution in [-0.2, 0) is 6.42 Å². The van der Waals surface area contributed by atoms with Crippen LogP contribution in [0.4, 0.5) is 0 Å². The zero-order valence-corrected chi connectivity index (χ0v) is 7.71. The molecule has 1 nitrogen and oxygen atoms in total. The maximum absolute atomic E-state index is 5.16. The summed E-state index contributed by atoms with van der Waals surface area (Å²) in [6.07, 6.45) is 5.10. The molecule has 2 rings (SSSR count). The van der Waals surface area contributed by atoms with Crippen LogP contribution in [0.3, 0.4) is 0 Å². The highest BCUT2D eigenvalue weighted by atomic mass is 16.5. The number of ether oxygens (including phenoxy) is 1. The van der Waals surface area contributed by atoms with Crippen LogP contribution in [0.1, 0.15) is 11.1 Å². The summed E-state index contributed by atoms with van der Waals surface area (Å²) in [5.74, 6) is 0.918. The quantitative estimate of drug-likeness (QED) is 0.633. The average molecular weight is 172 g/mol. The number of rotatable bonds is 1. The first-order chi connectivity index (χ1) is 6.29. The van der Waals surface area contributed by atoms with Gasteiger partial charge < -0.3 is 4.74 Å². The van der Waals surface area contributed by atoms with E-state index < -0.39 is 0 Å². The number of benzene rings is 1. The van der Waals surface area contributed by atoms with Crippen molar-refractivity contribution in [3.63, 3.8) is 0 Å². The fourth-order valence-electron chi connectivity index (χ4n) is 1.54. The second-order valence-corrected chi connectivity index (χ2v) is 3.23. The molecule has 0 amide bonds. The van der Waals surface area contributed by atoms with Gasteiger partial charge in [0.25, 0.3) is 0 Å². The first-order valence-corrected chi connectivity index (χ1v) is 4.32. The van der Waals surface area contributed by atoms with E-state index in [1.807, 2.05) is 6.07 Å². The van der Waals surface area contributed by atoms with E-state index in [0.29, 0.717) is 0 Å². The van der Waals surface area contributed by atoms with E-state index in [2.05, 4.69) is 30.9 Å². The third-order valence-corrected chi connectivity index (χ3v) is 2.27. The largest absolute Gasteiger partial charge is 0.497 e. The lowest BCUT2D eigenvalue weighted by Crippen LogP contribution is -1.96. The fourth-order valence-corrected chi connectivity index (χ4v) is 1.54. The van der Waals surface area contributed by atoms with Crippen LogP contribution >= 0.6 is 0 Å². The number of allylic oxidation sites excluding steroid dienone is 2. The Kier molecular flexibility index (Phi) is 1.93. The summed E-state index contributed by atoms with van der Waals surface area (Å²) in [6, 6.07) is 6.14. The number of methoxy groups -OCH3 is 1. The van der Waals surface area contributed by atoms with Gasteiger partial charge in [0, 0.05) is 0 Å². The van der Waals surface area contributed by atoms with Crippen molar-refractivity contribution < 1.29 is 4.74 Å². The van der Waals surface area contributed by atoms with Crippen molar-refractivity contribution in [1.82, 2.24) is 0 Å². The molecule has 0 bridgehead atoms. The SMILES string of the molecule is C=C1C=Cc2ccc(OC)cc2C1. The highest BCUT2D eigenvalue weighted by Crippen LogP contribution is 2.25. The summed E-state index contributed by atoms with van der Waals surface area (Å²) in [5, 5.41) is 0. The smallest absolute Gasteiger partial charge is 0.119 e. The summed E-state index contributed by atoms with van der Waals surface area (Å²) < 4.78 is 5.16. The predicted molar refractivity (Wildman–Crippen MR) is 54.9 cm³/mol. The van der Waals surface area contributed by atoms with Gasteiger partial charge in [-0.1, -0.05) is 30.4 Å². The third-order valence-electron chi connectivity index (χ3n) is 2.27. The molecule has 0 saturated carbocycles.